The lowest BCUT2D eigenvalue weighted by atomic mass is 10.1. The van der Waals surface area contributed by atoms with Crippen molar-refractivity contribution in [2.75, 3.05) is 7.11 Å². The Morgan fingerprint density at radius 2 is 1.91 bits per heavy atom. The number of carbonyl (C=O) groups is 1. The van der Waals surface area contributed by atoms with Crippen LogP contribution in [0.2, 0.25) is 0 Å². The standard InChI is InChI=1S/C25H19BrINO4/c1-15-6-8-18(9-7-15)24-28-21(25(29)32-24)12-17-11-20(27)23(22(13-17)30-2)31-14-16-4-3-5-19(26)10-16/h3-13H,14H2,1-2H3/b21-12-. The van der Waals surface area contributed by atoms with Gasteiger partial charge in [0.15, 0.2) is 17.2 Å². The zero-order valence-corrected chi connectivity index (χ0v) is 21.1. The van der Waals surface area contributed by atoms with E-state index >= 15 is 0 Å². The number of cyclic esters (lactones) is 1. The predicted molar refractivity (Wildman–Crippen MR) is 136 cm³/mol. The molecule has 0 amide bonds. The van der Waals surface area contributed by atoms with E-state index in [0.717, 1.165) is 30.3 Å². The van der Waals surface area contributed by atoms with Crippen molar-refractivity contribution in [1.29, 1.82) is 0 Å². The monoisotopic (exact) mass is 603 g/mol. The molecule has 32 heavy (non-hydrogen) atoms. The normalized spacial score (nSPS) is 14.3. The van der Waals surface area contributed by atoms with Crippen molar-refractivity contribution < 1.29 is 19.0 Å². The summed E-state index contributed by atoms with van der Waals surface area (Å²) in [6.45, 7) is 2.40. The molecule has 1 heterocycles. The number of aliphatic imine (C=N–C) groups is 1. The van der Waals surface area contributed by atoms with Crippen LogP contribution in [0.25, 0.3) is 6.08 Å². The summed E-state index contributed by atoms with van der Waals surface area (Å²) < 4.78 is 18.8. The third-order valence-electron chi connectivity index (χ3n) is 4.75. The average molecular weight is 604 g/mol. The number of esters is 1. The van der Waals surface area contributed by atoms with E-state index in [0.29, 0.717) is 24.0 Å². The first-order valence-corrected chi connectivity index (χ1v) is 11.6. The minimum Gasteiger partial charge on any atom is -0.493 e. The predicted octanol–water partition coefficient (Wildman–Crippen LogP) is 6.29. The van der Waals surface area contributed by atoms with Gasteiger partial charge in [0.1, 0.15) is 6.61 Å². The van der Waals surface area contributed by atoms with Gasteiger partial charge in [0.25, 0.3) is 0 Å². The Morgan fingerprint density at radius 3 is 2.62 bits per heavy atom. The van der Waals surface area contributed by atoms with Crippen molar-refractivity contribution in [3.05, 3.63) is 96.7 Å². The van der Waals surface area contributed by atoms with E-state index in [-0.39, 0.29) is 5.70 Å². The zero-order chi connectivity index (χ0) is 22.7. The molecule has 3 aromatic rings. The van der Waals surface area contributed by atoms with Crippen molar-refractivity contribution >= 4 is 56.5 Å². The Kier molecular flexibility index (Phi) is 6.95. The van der Waals surface area contributed by atoms with Crippen molar-refractivity contribution in [3.8, 4) is 11.5 Å². The Labute approximate surface area is 208 Å². The average Bonchev–Trinajstić information content (AvgIpc) is 3.13. The van der Waals surface area contributed by atoms with E-state index in [4.69, 9.17) is 14.2 Å². The van der Waals surface area contributed by atoms with E-state index < -0.39 is 5.97 Å². The van der Waals surface area contributed by atoms with Crippen LogP contribution in [0.4, 0.5) is 0 Å². The number of hydrogen-bond acceptors (Lipinski definition) is 5. The molecule has 0 bridgehead atoms. The van der Waals surface area contributed by atoms with Crippen LogP contribution in [0.1, 0.15) is 22.3 Å². The second kappa shape index (κ2) is 9.87. The number of hydrogen-bond donors (Lipinski definition) is 0. The summed E-state index contributed by atoms with van der Waals surface area (Å²) >= 11 is 5.67. The van der Waals surface area contributed by atoms with Gasteiger partial charge in [0.2, 0.25) is 5.90 Å². The molecule has 0 aromatic heterocycles. The molecule has 0 N–H and O–H groups in total. The summed E-state index contributed by atoms with van der Waals surface area (Å²) in [6, 6.07) is 19.3. The van der Waals surface area contributed by atoms with Crippen molar-refractivity contribution in [1.82, 2.24) is 0 Å². The van der Waals surface area contributed by atoms with E-state index in [1.54, 1.807) is 13.2 Å². The van der Waals surface area contributed by atoms with Gasteiger partial charge in [-0.3, -0.25) is 0 Å². The molecular weight excluding hydrogens is 585 g/mol. The highest BCUT2D eigenvalue weighted by molar-refractivity contribution is 14.1. The van der Waals surface area contributed by atoms with Crippen LogP contribution in [0.15, 0.2) is 75.8 Å². The highest BCUT2D eigenvalue weighted by Crippen LogP contribution is 2.35. The van der Waals surface area contributed by atoms with Crippen molar-refractivity contribution in [2.45, 2.75) is 13.5 Å². The number of methoxy groups -OCH3 is 1. The number of aryl methyl sites for hydroxylation is 1. The summed E-state index contributed by atoms with van der Waals surface area (Å²) in [4.78, 5) is 16.7. The smallest absolute Gasteiger partial charge is 0.363 e. The molecule has 0 unspecified atom stereocenters. The number of carbonyl (C=O) groups excluding carboxylic acids is 1. The molecule has 0 spiro atoms. The summed E-state index contributed by atoms with van der Waals surface area (Å²) in [5.74, 6) is 1.04. The molecule has 0 radical (unpaired) electrons. The molecule has 162 valence electrons. The molecule has 0 fully saturated rings. The maximum atomic E-state index is 12.4. The topological polar surface area (TPSA) is 57.1 Å². The minimum atomic E-state index is -0.482. The zero-order valence-electron chi connectivity index (χ0n) is 17.4. The molecule has 5 nitrogen and oxygen atoms in total. The van der Waals surface area contributed by atoms with Gasteiger partial charge in [-0.1, -0.05) is 45.8 Å². The van der Waals surface area contributed by atoms with Gasteiger partial charge in [-0.25, -0.2) is 9.79 Å². The van der Waals surface area contributed by atoms with Crippen LogP contribution in [0.3, 0.4) is 0 Å². The number of rotatable bonds is 6. The summed E-state index contributed by atoms with van der Waals surface area (Å²) in [7, 11) is 1.59. The lowest BCUT2D eigenvalue weighted by Gasteiger charge is -2.14. The second-order valence-corrected chi connectivity index (χ2v) is 9.23. The molecule has 1 aliphatic heterocycles. The fourth-order valence-electron chi connectivity index (χ4n) is 3.13. The maximum absolute atomic E-state index is 12.4. The van der Waals surface area contributed by atoms with Gasteiger partial charge in [0.05, 0.1) is 10.7 Å². The first-order valence-electron chi connectivity index (χ1n) is 9.77. The van der Waals surface area contributed by atoms with Gasteiger partial charge in [-0.2, -0.15) is 0 Å². The summed E-state index contributed by atoms with van der Waals surface area (Å²) in [5, 5.41) is 0. The van der Waals surface area contributed by atoms with E-state index in [2.05, 4.69) is 43.5 Å². The van der Waals surface area contributed by atoms with Crippen LogP contribution in [-0.4, -0.2) is 19.0 Å². The Bertz CT molecular complexity index is 1240. The number of benzene rings is 3. The molecule has 1 aliphatic rings. The molecule has 0 saturated heterocycles. The van der Waals surface area contributed by atoms with Crippen LogP contribution in [-0.2, 0) is 16.1 Å². The molecule has 0 atom stereocenters. The first-order chi connectivity index (χ1) is 15.4. The van der Waals surface area contributed by atoms with Gasteiger partial charge in [-0.05, 0) is 83.1 Å². The maximum Gasteiger partial charge on any atom is 0.363 e. The van der Waals surface area contributed by atoms with Crippen LogP contribution < -0.4 is 9.47 Å². The number of halogens is 2. The lowest BCUT2D eigenvalue weighted by molar-refractivity contribution is -0.129. The summed E-state index contributed by atoms with van der Waals surface area (Å²) in [6.07, 6.45) is 1.69. The van der Waals surface area contributed by atoms with Gasteiger partial charge in [0, 0.05) is 10.0 Å². The molecule has 7 heteroatoms. The SMILES string of the molecule is COc1cc(/C=C2\N=C(c3ccc(C)cc3)OC2=O)cc(I)c1OCc1cccc(Br)c1. The van der Waals surface area contributed by atoms with Gasteiger partial charge in [-0.15, -0.1) is 0 Å². The molecule has 4 rings (SSSR count). The van der Waals surface area contributed by atoms with Gasteiger partial charge >= 0.3 is 5.97 Å². The Hall–Kier alpha value is -2.65. The van der Waals surface area contributed by atoms with E-state index in [1.165, 1.54) is 0 Å². The number of ether oxygens (including phenoxy) is 3. The number of nitrogens with zero attached hydrogens (tertiary/aromatic N) is 1. The highest BCUT2D eigenvalue weighted by atomic mass is 127. The third-order valence-corrected chi connectivity index (χ3v) is 6.04. The van der Waals surface area contributed by atoms with E-state index in [9.17, 15) is 4.79 Å². The molecular formula is C25H19BrINO4. The largest absolute Gasteiger partial charge is 0.493 e. The van der Waals surface area contributed by atoms with Crippen LogP contribution in [0.5, 0.6) is 11.5 Å². The fourth-order valence-corrected chi connectivity index (χ4v) is 4.36. The minimum absolute atomic E-state index is 0.237. The lowest BCUT2D eigenvalue weighted by Crippen LogP contribution is -2.05. The summed E-state index contributed by atoms with van der Waals surface area (Å²) in [5.41, 5.74) is 3.92. The highest BCUT2D eigenvalue weighted by Gasteiger charge is 2.24. The van der Waals surface area contributed by atoms with Crippen LogP contribution in [0, 0.1) is 10.5 Å². The Balaban J connectivity index is 1.59. The quantitative estimate of drug-likeness (QED) is 0.189. The Morgan fingerprint density at radius 1 is 1.12 bits per heavy atom. The second-order valence-electron chi connectivity index (χ2n) is 7.15. The van der Waals surface area contributed by atoms with Crippen LogP contribution >= 0.6 is 38.5 Å². The molecule has 0 aliphatic carbocycles. The van der Waals surface area contributed by atoms with E-state index in [1.807, 2.05) is 67.6 Å². The van der Waals surface area contributed by atoms with Gasteiger partial charge < -0.3 is 14.2 Å². The molecule has 3 aromatic carbocycles. The third kappa shape index (κ3) is 5.21. The van der Waals surface area contributed by atoms with Crippen molar-refractivity contribution in [3.63, 3.8) is 0 Å². The first kappa shape index (κ1) is 22.5. The molecule has 0 saturated carbocycles. The fraction of sp³-hybridized carbons (Fsp3) is 0.120. The van der Waals surface area contributed by atoms with Crippen molar-refractivity contribution in [2.24, 2.45) is 4.99 Å².